The van der Waals surface area contributed by atoms with Gasteiger partial charge >= 0.3 is 0 Å². The van der Waals surface area contributed by atoms with Crippen molar-refractivity contribution in [1.29, 1.82) is 0 Å². The van der Waals surface area contributed by atoms with Gasteiger partial charge in [0, 0.05) is 13.5 Å². The number of rotatable bonds is 4. The van der Waals surface area contributed by atoms with Crippen molar-refractivity contribution in [2.24, 2.45) is 0 Å². The molecule has 2 aliphatic rings. The van der Waals surface area contributed by atoms with Crippen LogP contribution in [0, 0.1) is 34.6 Å². The minimum Gasteiger partial charge on any atom is -0.376 e. The van der Waals surface area contributed by atoms with E-state index in [1.165, 1.54) is 33.4 Å². The highest BCUT2D eigenvalue weighted by molar-refractivity contribution is 5.49. The largest absolute Gasteiger partial charge is 0.376 e. The molecule has 2 fully saturated rings. The second-order valence-electron chi connectivity index (χ2n) is 6.84. The summed E-state index contributed by atoms with van der Waals surface area (Å²) in [6, 6.07) is 0. The predicted molar refractivity (Wildman–Crippen MR) is 88.7 cm³/mol. The molecule has 4 nitrogen and oxygen atoms in total. The first-order chi connectivity index (χ1) is 10.9. The Morgan fingerprint density at radius 2 is 1.52 bits per heavy atom. The highest BCUT2D eigenvalue weighted by Crippen LogP contribution is 2.33. The molecule has 0 aliphatic carbocycles. The maximum Gasteiger partial charge on any atom is 0.184 e. The van der Waals surface area contributed by atoms with Gasteiger partial charge in [0.1, 0.15) is 12.2 Å². The summed E-state index contributed by atoms with van der Waals surface area (Å²) in [5, 5.41) is 0. The molecule has 4 atom stereocenters. The van der Waals surface area contributed by atoms with Crippen molar-refractivity contribution in [1.82, 2.24) is 0 Å². The Bertz CT molecular complexity index is 567. The van der Waals surface area contributed by atoms with Crippen molar-refractivity contribution in [3.05, 3.63) is 33.4 Å². The van der Waals surface area contributed by atoms with Gasteiger partial charge in [0.15, 0.2) is 6.29 Å². The maximum absolute atomic E-state index is 6.26. The second kappa shape index (κ2) is 6.52. The van der Waals surface area contributed by atoms with Crippen molar-refractivity contribution in [2.45, 2.75) is 72.2 Å². The van der Waals surface area contributed by atoms with Crippen LogP contribution in [-0.4, -0.2) is 38.3 Å². The second-order valence-corrected chi connectivity index (χ2v) is 6.84. The van der Waals surface area contributed by atoms with Gasteiger partial charge in [-0.3, -0.25) is 0 Å². The number of ether oxygens (including phenoxy) is 4. The summed E-state index contributed by atoms with van der Waals surface area (Å²) in [6.45, 7) is 12.2. The van der Waals surface area contributed by atoms with E-state index in [4.69, 9.17) is 18.9 Å². The minimum absolute atomic E-state index is 0.0272. The molecule has 2 aliphatic heterocycles. The van der Waals surface area contributed by atoms with Crippen LogP contribution in [0.5, 0.6) is 0 Å². The van der Waals surface area contributed by atoms with Crippen LogP contribution < -0.4 is 0 Å². The summed E-state index contributed by atoms with van der Waals surface area (Å²) in [5.74, 6) is 0. The lowest BCUT2D eigenvalue weighted by Crippen LogP contribution is -2.44. The molecule has 2 heterocycles. The predicted octanol–water partition coefficient (Wildman–Crippen LogP) is 3.27. The first-order valence-electron chi connectivity index (χ1n) is 8.41. The fraction of sp³-hybridized carbons (Fsp3) is 0.684. The molecule has 2 saturated heterocycles. The SMILES string of the molecule is CO[C@@H]1C[C@H](OCc2c(C)c(C)c(C)c(C)c2C)[C@H]2CO[C@@H]1O2. The molecular weight excluding hydrogens is 292 g/mol. The molecule has 128 valence electrons. The van der Waals surface area contributed by atoms with Crippen LogP contribution in [-0.2, 0) is 25.6 Å². The molecule has 0 aromatic heterocycles. The van der Waals surface area contributed by atoms with Gasteiger partial charge in [0.05, 0.1) is 19.3 Å². The third kappa shape index (κ3) is 2.93. The van der Waals surface area contributed by atoms with E-state index in [2.05, 4.69) is 34.6 Å². The van der Waals surface area contributed by atoms with E-state index in [0.29, 0.717) is 13.2 Å². The van der Waals surface area contributed by atoms with Crippen LogP contribution in [0.4, 0.5) is 0 Å². The lowest BCUT2D eigenvalue weighted by Gasteiger charge is -2.33. The van der Waals surface area contributed by atoms with E-state index in [9.17, 15) is 0 Å². The van der Waals surface area contributed by atoms with Crippen molar-refractivity contribution in [3.63, 3.8) is 0 Å². The van der Waals surface area contributed by atoms with Gasteiger partial charge in [-0.1, -0.05) is 0 Å². The Labute approximate surface area is 139 Å². The summed E-state index contributed by atoms with van der Waals surface area (Å²) < 4.78 is 23.2. The number of methoxy groups -OCH3 is 1. The van der Waals surface area contributed by atoms with Crippen molar-refractivity contribution in [2.75, 3.05) is 13.7 Å². The van der Waals surface area contributed by atoms with Crippen LogP contribution in [0.2, 0.25) is 0 Å². The van der Waals surface area contributed by atoms with Crippen molar-refractivity contribution >= 4 is 0 Å². The van der Waals surface area contributed by atoms with Gasteiger partial charge in [-0.2, -0.15) is 0 Å². The van der Waals surface area contributed by atoms with Gasteiger partial charge in [-0.15, -0.1) is 0 Å². The zero-order valence-electron chi connectivity index (χ0n) is 15.1. The molecule has 4 heteroatoms. The molecule has 1 aromatic carbocycles. The molecule has 23 heavy (non-hydrogen) atoms. The molecule has 0 amide bonds. The van der Waals surface area contributed by atoms with Gasteiger partial charge < -0.3 is 18.9 Å². The van der Waals surface area contributed by atoms with Gasteiger partial charge in [0.25, 0.3) is 0 Å². The summed E-state index contributed by atoms with van der Waals surface area (Å²) in [6.07, 6.45) is 0.618. The molecule has 3 rings (SSSR count). The Morgan fingerprint density at radius 3 is 2.13 bits per heavy atom. The van der Waals surface area contributed by atoms with E-state index >= 15 is 0 Å². The Kier molecular flexibility index (Phi) is 4.79. The third-order valence-electron chi connectivity index (χ3n) is 5.82. The monoisotopic (exact) mass is 320 g/mol. The van der Waals surface area contributed by atoms with Crippen molar-refractivity contribution in [3.8, 4) is 0 Å². The summed E-state index contributed by atoms with van der Waals surface area (Å²) in [4.78, 5) is 0. The van der Waals surface area contributed by atoms with Gasteiger partial charge in [0.2, 0.25) is 0 Å². The first-order valence-corrected chi connectivity index (χ1v) is 8.41. The number of hydrogen-bond donors (Lipinski definition) is 0. The van der Waals surface area contributed by atoms with E-state index in [1.54, 1.807) is 7.11 Å². The Morgan fingerprint density at radius 1 is 0.913 bits per heavy atom. The first kappa shape index (κ1) is 16.9. The molecule has 0 saturated carbocycles. The standard InChI is InChI=1S/C19H28O4/c1-10-11(2)13(4)15(14(5)12(10)3)8-21-16-7-17(20-6)19-22-9-18(16)23-19/h16-19H,7-9H2,1-6H3/t16-,17+,18+,19+/m0/s1. The van der Waals surface area contributed by atoms with Crippen LogP contribution in [0.15, 0.2) is 0 Å². The Balaban J connectivity index is 1.76. The van der Waals surface area contributed by atoms with E-state index in [1.807, 2.05) is 0 Å². The average Bonchev–Trinajstić information content (AvgIpc) is 2.97. The summed E-state index contributed by atoms with van der Waals surface area (Å²) in [5.41, 5.74) is 8.10. The number of benzene rings is 1. The molecule has 0 radical (unpaired) electrons. The molecule has 1 aromatic rings. The number of fused-ring (bicyclic) bond motifs is 2. The fourth-order valence-corrected chi connectivity index (χ4v) is 3.69. The van der Waals surface area contributed by atoms with Crippen LogP contribution in [0.3, 0.4) is 0 Å². The molecular formula is C19H28O4. The quantitative estimate of drug-likeness (QED) is 0.853. The van der Waals surface area contributed by atoms with E-state index in [0.717, 1.165) is 6.42 Å². The molecule has 0 N–H and O–H groups in total. The van der Waals surface area contributed by atoms with Crippen molar-refractivity contribution < 1.29 is 18.9 Å². The van der Waals surface area contributed by atoms with E-state index < -0.39 is 0 Å². The maximum atomic E-state index is 6.26. The third-order valence-corrected chi connectivity index (χ3v) is 5.82. The zero-order chi connectivity index (χ0) is 16.7. The minimum atomic E-state index is -0.225. The highest BCUT2D eigenvalue weighted by atomic mass is 16.7. The Hall–Kier alpha value is -0.940. The van der Waals surface area contributed by atoms with Crippen LogP contribution >= 0.6 is 0 Å². The molecule has 2 bridgehead atoms. The average molecular weight is 320 g/mol. The normalized spacial score (nSPS) is 30.0. The molecule has 0 unspecified atom stereocenters. The zero-order valence-corrected chi connectivity index (χ0v) is 15.1. The fourth-order valence-electron chi connectivity index (χ4n) is 3.69. The van der Waals surface area contributed by atoms with Crippen LogP contribution in [0.25, 0.3) is 0 Å². The highest BCUT2D eigenvalue weighted by Gasteiger charge is 2.44. The smallest absolute Gasteiger partial charge is 0.184 e. The van der Waals surface area contributed by atoms with Gasteiger partial charge in [-0.05, 0) is 68.0 Å². The topological polar surface area (TPSA) is 36.9 Å². The van der Waals surface area contributed by atoms with E-state index in [-0.39, 0.29) is 24.6 Å². The van der Waals surface area contributed by atoms with Gasteiger partial charge in [-0.25, -0.2) is 0 Å². The lowest BCUT2D eigenvalue weighted by molar-refractivity contribution is -0.201. The summed E-state index contributed by atoms with van der Waals surface area (Å²) >= 11 is 0. The number of hydrogen-bond acceptors (Lipinski definition) is 4. The van der Waals surface area contributed by atoms with Crippen LogP contribution in [0.1, 0.15) is 39.8 Å². The molecule has 0 spiro atoms. The lowest BCUT2D eigenvalue weighted by atomic mass is 9.90. The summed E-state index contributed by atoms with van der Waals surface area (Å²) in [7, 11) is 1.70.